The lowest BCUT2D eigenvalue weighted by atomic mass is 9.90. The van der Waals surface area contributed by atoms with Crippen molar-refractivity contribution >= 4 is 11.8 Å². The lowest BCUT2D eigenvalue weighted by molar-refractivity contribution is -0.143. The molecule has 0 radical (unpaired) electrons. The molecule has 3 aliphatic rings. The van der Waals surface area contributed by atoms with E-state index >= 15 is 0 Å². The first-order chi connectivity index (χ1) is 19.6. The van der Waals surface area contributed by atoms with Gasteiger partial charge in [-0.25, -0.2) is 16.4 Å². The molecule has 230 valence electrons. The number of aromatic nitrogens is 1. The third-order valence-corrected chi connectivity index (χ3v) is 8.35. The van der Waals surface area contributed by atoms with E-state index in [2.05, 4.69) is 35.4 Å². The lowest BCUT2D eigenvalue weighted by Gasteiger charge is -2.31. The van der Waals surface area contributed by atoms with Crippen LogP contribution in [0.15, 0.2) is 29.4 Å². The zero-order valence-corrected chi connectivity index (χ0v) is 23.7. The Morgan fingerprint density at radius 1 is 0.952 bits per heavy atom. The van der Waals surface area contributed by atoms with Gasteiger partial charge in [-0.2, -0.15) is 26.3 Å². The Labute approximate surface area is 241 Å². The van der Waals surface area contributed by atoms with Crippen molar-refractivity contribution in [1.29, 1.82) is 0 Å². The second kappa shape index (κ2) is 11.1. The van der Waals surface area contributed by atoms with Gasteiger partial charge in [0.2, 0.25) is 5.96 Å². The van der Waals surface area contributed by atoms with Crippen molar-refractivity contribution in [3.05, 3.63) is 57.8 Å². The number of hydrazone groups is 1. The van der Waals surface area contributed by atoms with E-state index in [-0.39, 0.29) is 36.1 Å². The van der Waals surface area contributed by atoms with E-state index in [0.29, 0.717) is 24.0 Å². The van der Waals surface area contributed by atoms with Gasteiger partial charge in [0, 0.05) is 37.2 Å². The number of pyridine rings is 1. The van der Waals surface area contributed by atoms with E-state index < -0.39 is 23.5 Å². The largest absolute Gasteiger partial charge is 0.416 e. The minimum Gasteiger partial charge on any atom is -0.368 e. The number of guanidine groups is 1. The van der Waals surface area contributed by atoms with Crippen LogP contribution < -0.4 is 22.0 Å². The molecule has 5 N–H and O–H groups in total. The van der Waals surface area contributed by atoms with Crippen LogP contribution in [-0.2, 0) is 37.3 Å². The maximum Gasteiger partial charge on any atom is 0.416 e. The summed E-state index contributed by atoms with van der Waals surface area (Å²) in [6.45, 7) is 5.74. The van der Waals surface area contributed by atoms with Gasteiger partial charge in [0.15, 0.2) is 0 Å². The standard InChI is InChI=1S/C29H37F6N7/c1-27(2)8-7-20-11-21(25(38-24(20)27)41(13-17-3-4-17)14-18-5-6-18)16-42(26(36)39-40-37)15-19-9-22(28(30,31)32)12-23(10-19)29(33,34)35/h9-12,17-18,40H,3-8,13-16,37H2,1-2H3,(H2,36,39). The van der Waals surface area contributed by atoms with Crippen LogP contribution in [0.5, 0.6) is 0 Å². The molecule has 2 aromatic rings. The van der Waals surface area contributed by atoms with Gasteiger partial charge in [-0.1, -0.05) is 13.8 Å². The fraction of sp³-hybridized carbons (Fsp3) is 0.586. The van der Waals surface area contributed by atoms with Gasteiger partial charge in [-0.05, 0) is 85.8 Å². The molecule has 0 amide bonds. The number of hydrogen-bond acceptors (Lipinski definition) is 5. The predicted molar refractivity (Wildman–Crippen MR) is 148 cm³/mol. The van der Waals surface area contributed by atoms with Crippen LogP contribution in [0, 0.1) is 11.8 Å². The summed E-state index contributed by atoms with van der Waals surface area (Å²) in [6.07, 6.45) is -3.57. The normalized spacial score (nSPS) is 18.6. The van der Waals surface area contributed by atoms with E-state index in [1.807, 2.05) is 0 Å². The van der Waals surface area contributed by atoms with Crippen molar-refractivity contribution < 1.29 is 26.3 Å². The highest BCUT2D eigenvalue weighted by molar-refractivity contribution is 5.78. The highest BCUT2D eigenvalue weighted by Crippen LogP contribution is 2.42. The van der Waals surface area contributed by atoms with Crippen molar-refractivity contribution in [2.45, 2.75) is 83.2 Å². The Hall–Kier alpha value is -3.22. The van der Waals surface area contributed by atoms with Crippen LogP contribution in [0.25, 0.3) is 0 Å². The van der Waals surface area contributed by atoms with E-state index in [1.54, 1.807) is 0 Å². The van der Waals surface area contributed by atoms with Crippen LogP contribution in [0.1, 0.15) is 79.5 Å². The Morgan fingerprint density at radius 3 is 2.02 bits per heavy atom. The molecule has 1 heterocycles. The van der Waals surface area contributed by atoms with Gasteiger partial charge < -0.3 is 15.5 Å². The molecule has 3 aliphatic carbocycles. The lowest BCUT2D eigenvalue weighted by Crippen LogP contribution is -2.40. The minimum atomic E-state index is -4.96. The molecule has 5 rings (SSSR count). The van der Waals surface area contributed by atoms with Gasteiger partial charge >= 0.3 is 12.4 Å². The van der Waals surface area contributed by atoms with Crippen LogP contribution in [0.2, 0.25) is 0 Å². The minimum absolute atomic E-state index is 0.0660. The molecule has 13 heteroatoms. The van der Waals surface area contributed by atoms with E-state index in [1.165, 1.54) is 4.90 Å². The van der Waals surface area contributed by atoms with Gasteiger partial charge in [0.05, 0.1) is 16.8 Å². The SMILES string of the molecule is CC1(C)CCc2cc(CN(Cc3cc(C(F)(F)F)cc(C(F)(F)F)c3)/C(N)=N/NN)c(N(CC3CC3)CC3CC3)nc21. The number of halogens is 6. The molecular weight excluding hydrogens is 560 g/mol. The number of fused-ring (bicyclic) bond motifs is 1. The monoisotopic (exact) mass is 597 g/mol. The smallest absolute Gasteiger partial charge is 0.368 e. The molecule has 0 spiro atoms. The van der Waals surface area contributed by atoms with Gasteiger partial charge in [-0.3, -0.25) is 0 Å². The first-order valence-electron chi connectivity index (χ1n) is 14.2. The molecule has 0 atom stereocenters. The highest BCUT2D eigenvalue weighted by atomic mass is 19.4. The second-order valence-electron chi connectivity index (χ2n) is 12.5. The molecule has 42 heavy (non-hydrogen) atoms. The van der Waals surface area contributed by atoms with Gasteiger partial charge in [0.1, 0.15) is 5.82 Å². The van der Waals surface area contributed by atoms with Gasteiger partial charge in [-0.15, -0.1) is 5.10 Å². The van der Waals surface area contributed by atoms with Crippen molar-refractivity contribution in [3.63, 3.8) is 0 Å². The molecule has 0 saturated heterocycles. The molecule has 0 aliphatic heterocycles. The van der Waals surface area contributed by atoms with Crippen molar-refractivity contribution in [2.75, 3.05) is 18.0 Å². The number of nitrogens with one attached hydrogen (secondary N) is 1. The molecule has 7 nitrogen and oxygen atoms in total. The Morgan fingerprint density at radius 2 is 1.52 bits per heavy atom. The quantitative estimate of drug-likeness (QED) is 0.108. The zero-order chi connectivity index (χ0) is 30.4. The average Bonchev–Trinajstić information content (AvgIpc) is 3.83. The van der Waals surface area contributed by atoms with Crippen molar-refractivity contribution in [2.24, 2.45) is 28.5 Å². The molecule has 2 saturated carbocycles. The summed E-state index contributed by atoms with van der Waals surface area (Å²) in [4.78, 5) is 8.95. The van der Waals surface area contributed by atoms with E-state index in [9.17, 15) is 26.3 Å². The number of alkyl halides is 6. The average molecular weight is 598 g/mol. The molecule has 1 aromatic carbocycles. The Kier molecular flexibility index (Phi) is 8.01. The summed E-state index contributed by atoms with van der Waals surface area (Å²) < 4.78 is 81.5. The summed E-state index contributed by atoms with van der Waals surface area (Å²) in [5, 5.41) is 3.82. The van der Waals surface area contributed by atoms with E-state index in [0.717, 1.165) is 74.3 Å². The van der Waals surface area contributed by atoms with Crippen molar-refractivity contribution in [3.8, 4) is 0 Å². The zero-order valence-electron chi connectivity index (χ0n) is 23.7. The van der Waals surface area contributed by atoms with Crippen LogP contribution in [0.4, 0.5) is 32.2 Å². The Balaban J connectivity index is 1.55. The third-order valence-electron chi connectivity index (χ3n) is 8.35. The topological polar surface area (TPSA) is 95.8 Å². The van der Waals surface area contributed by atoms with Crippen LogP contribution in [-0.4, -0.2) is 28.9 Å². The number of rotatable bonds is 10. The summed E-state index contributed by atoms with van der Waals surface area (Å²) in [5.74, 6) is 7.13. The summed E-state index contributed by atoms with van der Waals surface area (Å²) in [7, 11) is 0. The summed E-state index contributed by atoms with van der Waals surface area (Å²) in [5.41, 5.74) is 8.09. The number of anilines is 1. The molecular formula is C29H37F6N7. The number of aryl methyl sites for hydroxylation is 1. The molecule has 1 aromatic heterocycles. The predicted octanol–water partition coefficient (Wildman–Crippen LogP) is 5.66. The fourth-order valence-corrected chi connectivity index (χ4v) is 5.69. The first kappa shape index (κ1) is 30.2. The highest BCUT2D eigenvalue weighted by Gasteiger charge is 2.38. The maximum atomic E-state index is 13.6. The first-order valence-corrected chi connectivity index (χ1v) is 14.2. The van der Waals surface area contributed by atoms with E-state index in [4.69, 9.17) is 16.6 Å². The van der Waals surface area contributed by atoms with Crippen molar-refractivity contribution in [1.82, 2.24) is 15.4 Å². The molecule has 0 unspecified atom stereocenters. The maximum absolute atomic E-state index is 13.6. The fourth-order valence-electron chi connectivity index (χ4n) is 5.69. The number of hydrogen-bond donors (Lipinski definition) is 3. The number of benzene rings is 1. The van der Waals surface area contributed by atoms with Crippen LogP contribution in [0.3, 0.4) is 0 Å². The molecule has 0 bridgehead atoms. The Bertz CT molecular complexity index is 1280. The van der Waals surface area contributed by atoms with Gasteiger partial charge in [0.25, 0.3) is 0 Å². The number of nitrogens with zero attached hydrogens (tertiary/aromatic N) is 4. The number of nitrogens with two attached hydrogens (primary N) is 2. The van der Waals surface area contributed by atoms with Crippen LogP contribution >= 0.6 is 0 Å². The third kappa shape index (κ3) is 7.04. The second-order valence-corrected chi connectivity index (χ2v) is 12.5. The molecule has 2 fully saturated rings. The summed E-state index contributed by atoms with van der Waals surface area (Å²) >= 11 is 0. The summed E-state index contributed by atoms with van der Waals surface area (Å²) in [6, 6.07) is 3.61. The number of hydrazine groups is 1.